The lowest BCUT2D eigenvalue weighted by Gasteiger charge is -2.22. The van der Waals surface area contributed by atoms with Crippen LogP contribution in [0.4, 0.5) is 0 Å². The third-order valence-electron chi connectivity index (χ3n) is 3.95. The van der Waals surface area contributed by atoms with Crippen molar-refractivity contribution in [3.63, 3.8) is 0 Å². The van der Waals surface area contributed by atoms with Gasteiger partial charge in [-0.3, -0.25) is 4.98 Å². The predicted molar refractivity (Wildman–Crippen MR) is 92.9 cm³/mol. The van der Waals surface area contributed by atoms with Gasteiger partial charge in [0, 0.05) is 10.9 Å². The van der Waals surface area contributed by atoms with E-state index in [-0.39, 0.29) is 0 Å². The molecule has 0 aliphatic heterocycles. The van der Waals surface area contributed by atoms with Gasteiger partial charge in [0.05, 0.1) is 5.69 Å². The van der Waals surface area contributed by atoms with E-state index in [0.717, 1.165) is 5.69 Å². The van der Waals surface area contributed by atoms with Gasteiger partial charge in [-0.05, 0) is 12.1 Å². The van der Waals surface area contributed by atoms with Crippen LogP contribution in [0.1, 0.15) is 0 Å². The molecule has 0 spiro atoms. The summed E-state index contributed by atoms with van der Waals surface area (Å²) in [5, 5.41) is 2.65. The van der Waals surface area contributed by atoms with Crippen LogP contribution in [0.3, 0.4) is 0 Å². The Kier molecular flexibility index (Phi) is 3.71. The summed E-state index contributed by atoms with van der Waals surface area (Å²) >= 11 is 0. The lowest BCUT2D eigenvalue weighted by Crippen LogP contribution is -2.54. The molecule has 3 aromatic rings. The average molecular weight is 289 g/mol. The van der Waals surface area contributed by atoms with Gasteiger partial charge in [0.15, 0.2) is 0 Å². The highest BCUT2D eigenvalue weighted by atomic mass is 28.3. The number of hydrogen-bond acceptors (Lipinski definition) is 1. The van der Waals surface area contributed by atoms with Crippen molar-refractivity contribution in [3.8, 4) is 11.3 Å². The van der Waals surface area contributed by atoms with Crippen LogP contribution in [-0.4, -0.2) is 13.1 Å². The number of nitrogens with zero attached hydrogens (tertiary/aromatic N) is 1. The fraction of sp³-hybridized carbons (Fsp3) is 0.105. The summed E-state index contributed by atoms with van der Waals surface area (Å²) in [5.74, 6) is 0. The zero-order chi connectivity index (χ0) is 14.7. The van der Waals surface area contributed by atoms with E-state index in [9.17, 15) is 0 Å². The molecule has 2 heteroatoms. The van der Waals surface area contributed by atoms with Crippen LogP contribution in [0.2, 0.25) is 13.1 Å². The highest BCUT2D eigenvalue weighted by Gasteiger charge is 2.27. The van der Waals surface area contributed by atoms with Crippen LogP contribution >= 0.6 is 0 Å². The summed E-state index contributed by atoms with van der Waals surface area (Å²) < 4.78 is 0. The van der Waals surface area contributed by atoms with Gasteiger partial charge < -0.3 is 0 Å². The van der Waals surface area contributed by atoms with E-state index in [0.29, 0.717) is 0 Å². The van der Waals surface area contributed by atoms with E-state index >= 15 is 0 Å². The summed E-state index contributed by atoms with van der Waals surface area (Å²) in [5.41, 5.74) is 2.24. The fourth-order valence-corrected chi connectivity index (χ4v) is 4.79. The van der Waals surface area contributed by atoms with Crippen LogP contribution < -0.4 is 10.5 Å². The largest absolute Gasteiger partial charge is 0.257 e. The Morgan fingerprint density at radius 1 is 0.667 bits per heavy atom. The molecule has 2 aromatic carbocycles. The Balaban J connectivity index is 2.04. The van der Waals surface area contributed by atoms with E-state index in [4.69, 9.17) is 4.98 Å². The predicted octanol–water partition coefficient (Wildman–Crippen LogP) is 3.57. The van der Waals surface area contributed by atoms with Gasteiger partial charge >= 0.3 is 0 Å². The van der Waals surface area contributed by atoms with Gasteiger partial charge in [-0.15, -0.1) is 0 Å². The molecule has 1 aromatic heterocycles. The van der Waals surface area contributed by atoms with Crippen molar-refractivity contribution in [3.05, 3.63) is 78.9 Å². The molecule has 1 nitrogen and oxygen atoms in total. The molecule has 0 N–H and O–H groups in total. The zero-order valence-electron chi connectivity index (χ0n) is 12.5. The second kappa shape index (κ2) is 5.66. The first-order chi connectivity index (χ1) is 10.2. The van der Waals surface area contributed by atoms with Gasteiger partial charge in [-0.1, -0.05) is 85.0 Å². The van der Waals surface area contributed by atoms with Crippen LogP contribution in [0.5, 0.6) is 0 Å². The van der Waals surface area contributed by atoms with E-state index < -0.39 is 8.07 Å². The minimum Gasteiger partial charge on any atom is -0.257 e. The quantitative estimate of drug-likeness (QED) is 0.672. The van der Waals surface area contributed by atoms with Crippen LogP contribution in [0, 0.1) is 0 Å². The van der Waals surface area contributed by atoms with Crippen molar-refractivity contribution in [2.75, 3.05) is 0 Å². The Bertz CT molecular complexity index is 721. The second-order valence-electron chi connectivity index (χ2n) is 5.77. The maximum Gasteiger partial charge on any atom is 0.135 e. The maximum atomic E-state index is 4.95. The molecule has 0 saturated heterocycles. The fourth-order valence-electron chi connectivity index (χ4n) is 2.56. The molecule has 1 heterocycles. The standard InChI is InChI=1S/C19H19NSi/c1-21(2,17-12-7-4-8-13-17)19-15-9-14-18(20-19)16-10-5-3-6-11-16/h3-15H,1-2H3. The molecule has 0 bridgehead atoms. The van der Waals surface area contributed by atoms with Gasteiger partial charge in [0.25, 0.3) is 0 Å². The Hall–Kier alpha value is -2.19. The van der Waals surface area contributed by atoms with Crippen molar-refractivity contribution < 1.29 is 0 Å². The third-order valence-corrected chi connectivity index (χ3v) is 7.29. The molecule has 0 amide bonds. The molecule has 3 rings (SSSR count). The summed E-state index contributed by atoms with van der Waals surface area (Å²) in [6.07, 6.45) is 0. The highest BCUT2D eigenvalue weighted by Crippen LogP contribution is 2.15. The summed E-state index contributed by atoms with van der Waals surface area (Å²) in [6, 6.07) is 27.5. The first-order valence-corrected chi connectivity index (χ1v) is 10.3. The normalized spacial score (nSPS) is 11.3. The van der Waals surface area contributed by atoms with Gasteiger partial charge in [-0.2, -0.15) is 0 Å². The van der Waals surface area contributed by atoms with Crippen molar-refractivity contribution in [1.82, 2.24) is 4.98 Å². The van der Waals surface area contributed by atoms with E-state index in [1.165, 1.54) is 16.1 Å². The number of aromatic nitrogens is 1. The lowest BCUT2D eigenvalue weighted by atomic mass is 10.1. The Morgan fingerprint density at radius 2 is 1.29 bits per heavy atom. The number of hydrogen-bond donors (Lipinski definition) is 0. The summed E-state index contributed by atoms with van der Waals surface area (Å²) in [7, 11) is -1.73. The number of pyridine rings is 1. The minimum atomic E-state index is -1.73. The van der Waals surface area contributed by atoms with Crippen LogP contribution in [-0.2, 0) is 0 Å². The molecule has 0 aliphatic rings. The first kappa shape index (κ1) is 13.8. The molecular formula is C19H19NSi. The third kappa shape index (κ3) is 2.81. The highest BCUT2D eigenvalue weighted by molar-refractivity contribution is 6.99. The van der Waals surface area contributed by atoms with Crippen molar-refractivity contribution in [1.29, 1.82) is 0 Å². The minimum absolute atomic E-state index is 1.06. The Labute approximate surface area is 127 Å². The molecule has 104 valence electrons. The van der Waals surface area contributed by atoms with Crippen molar-refractivity contribution in [2.45, 2.75) is 13.1 Å². The molecule has 0 aliphatic carbocycles. The van der Waals surface area contributed by atoms with Crippen molar-refractivity contribution in [2.24, 2.45) is 0 Å². The smallest absolute Gasteiger partial charge is 0.135 e. The lowest BCUT2D eigenvalue weighted by molar-refractivity contribution is 1.36. The Morgan fingerprint density at radius 3 is 1.95 bits per heavy atom. The monoisotopic (exact) mass is 289 g/mol. The zero-order valence-corrected chi connectivity index (χ0v) is 13.5. The van der Waals surface area contributed by atoms with Crippen LogP contribution in [0.15, 0.2) is 78.9 Å². The van der Waals surface area contributed by atoms with E-state index in [2.05, 4.69) is 85.9 Å². The molecule has 0 atom stereocenters. The topological polar surface area (TPSA) is 12.9 Å². The number of rotatable bonds is 3. The molecule has 0 radical (unpaired) electrons. The molecule has 0 fully saturated rings. The molecular weight excluding hydrogens is 270 g/mol. The van der Waals surface area contributed by atoms with Gasteiger partial charge in [0.2, 0.25) is 0 Å². The van der Waals surface area contributed by atoms with Gasteiger partial charge in [0.1, 0.15) is 8.07 Å². The maximum absolute atomic E-state index is 4.95. The molecule has 0 saturated carbocycles. The summed E-state index contributed by atoms with van der Waals surface area (Å²) in [4.78, 5) is 4.95. The van der Waals surface area contributed by atoms with E-state index in [1.54, 1.807) is 0 Å². The summed E-state index contributed by atoms with van der Waals surface area (Å²) in [6.45, 7) is 4.72. The van der Waals surface area contributed by atoms with Crippen LogP contribution in [0.25, 0.3) is 11.3 Å². The van der Waals surface area contributed by atoms with Crippen molar-refractivity contribution >= 4 is 18.6 Å². The van der Waals surface area contributed by atoms with Gasteiger partial charge in [-0.25, -0.2) is 0 Å². The SMILES string of the molecule is C[Si](C)(c1ccccc1)c1cccc(-c2ccccc2)n1. The first-order valence-electron chi connectivity index (χ1n) is 7.26. The van der Waals surface area contributed by atoms with E-state index in [1.807, 2.05) is 6.07 Å². The number of benzene rings is 2. The second-order valence-corrected chi connectivity index (χ2v) is 10.1. The average Bonchev–Trinajstić information content (AvgIpc) is 2.57. The molecule has 21 heavy (non-hydrogen) atoms. The molecule has 0 unspecified atom stereocenters.